The standard InChI is InChI=1S/C10H6N2O4S/c13-10-5-2-1-3-8-9(5)6(4-7(10)11-14)12-17(8,15)16/h1-4,11,14H. The molecule has 1 heterocycles. The number of ketones is 1. The van der Waals surface area contributed by atoms with Crippen LogP contribution in [0.3, 0.4) is 0 Å². The first-order chi connectivity index (χ1) is 8.04. The smallest absolute Gasteiger partial charge is 0.283 e. The van der Waals surface area contributed by atoms with Crippen LogP contribution in [0.25, 0.3) is 0 Å². The third kappa shape index (κ3) is 1.20. The lowest BCUT2D eigenvalue weighted by Crippen LogP contribution is -2.24. The molecule has 1 aromatic rings. The summed E-state index contributed by atoms with van der Waals surface area (Å²) in [7, 11) is -3.72. The molecule has 0 unspecified atom stereocenters. The van der Waals surface area contributed by atoms with Crippen LogP contribution in [0.1, 0.15) is 15.9 Å². The maximum atomic E-state index is 11.8. The molecule has 0 fully saturated rings. The molecular weight excluding hydrogens is 244 g/mol. The Hall–Kier alpha value is -1.99. The van der Waals surface area contributed by atoms with Gasteiger partial charge in [-0.15, -0.1) is 0 Å². The van der Waals surface area contributed by atoms with Crippen molar-refractivity contribution >= 4 is 21.5 Å². The number of rotatable bonds is 1. The number of sulfonamides is 1. The Morgan fingerprint density at radius 2 is 2.06 bits per heavy atom. The summed E-state index contributed by atoms with van der Waals surface area (Å²) in [5, 5.41) is 8.80. The fourth-order valence-corrected chi connectivity index (χ4v) is 3.18. The highest BCUT2D eigenvalue weighted by molar-refractivity contribution is 7.90. The van der Waals surface area contributed by atoms with Crippen molar-refractivity contribution in [3.05, 3.63) is 41.1 Å². The number of hydroxylamine groups is 1. The zero-order valence-electron chi connectivity index (χ0n) is 8.34. The molecule has 1 aromatic carbocycles. The van der Waals surface area contributed by atoms with E-state index in [0.717, 1.165) is 0 Å². The van der Waals surface area contributed by atoms with Crippen molar-refractivity contribution in [2.45, 2.75) is 4.90 Å². The molecule has 0 aromatic heterocycles. The topological polar surface area (TPSA) is 95.8 Å². The molecule has 2 N–H and O–H groups in total. The monoisotopic (exact) mass is 250 g/mol. The van der Waals surface area contributed by atoms with Gasteiger partial charge in [-0.1, -0.05) is 12.1 Å². The summed E-state index contributed by atoms with van der Waals surface area (Å²) < 4.78 is 26.9. The molecule has 1 aliphatic carbocycles. The number of allylic oxidation sites excluding steroid dienone is 2. The zero-order valence-corrected chi connectivity index (χ0v) is 9.15. The second-order valence-electron chi connectivity index (χ2n) is 3.63. The number of Topliss-reactive ketones (excluding diaryl/α,β-unsaturated/α-hetero) is 1. The van der Waals surface area contributed by atoms with E-state index in [2.05, 4.69) is 4.40 Å². The Labute approximate surface area is 96.3 Å². The molecule has 0 bridgehead atoms. The molecular formula is C10H6N2O4S. The quantitative estimate of drug-likeness (QED) is 0.696. The highest BCUT2D eigenvalue weighted by atomic mass is 32.2. The number of nitrogens with zero attached hydrogens (tertiary/aromatic N) is 1. The minimum Gasteiger partial charge on any atom is -0.291 e. The van der Waals surface area contributed by atoms with Crippen LogP contribution in [0.15, 0.2) is 39.3 Å². The van der Waals surface area contributed by atoms with Crippen molar-refractivity contribution in [1.82, 2.24) is 5.48 Å². The summed E-state index contributed by atoms with van der Waals surface area (Å²) in [4.78, 5) is 11.9. The van der Waals surface area contributed by atoms with Crippen LogP contribution in [0.4, 0.5) is 0 Å². The SMILES string of the molecule is O=C1C(NO)=CC2=NS(=O)(=O)c3cccc1c32. The first kappa shape index (κ1) is 10.2. The van der Waals surface area contributed by atoms with E-state index in [1.165, 1.54) is 24.3 Å². The Morgan fingerprint density at radius 1 is 1.29 bits per heavy atom. The predicted molar refractivity (Wildman–Crippen MR) is 57.5 cm³/mol. The molecule has 86 valence electrons. The van der Waals surface area contributed by atoms with E-state index in [1.54, 1.807) is 5.48 Å². The van der Waals surface area contributed by atoms with Crippen LogP contribution in [0.2, 0.25) is 0 Å². The summed E-state index contributed by atoms with van der Waals surface area (Å²) in [5.74, 6) is -0.458. The number of carbonyl (C=O) groups excluding carboxylic acids is 1. The Bertz CT molecular complexity index is 716. The Kier molecular flexibility index (Phi) is 1.81. The number of hydrogen-bond acceptors (Lipinski definition) is 5. The predicted octanol–water partition coefficient (Wildman–Crippen LogP) is 0.237. The average Bonchev–Trinajstić information content (AvgIpc) is 2.57. The van der Waals surface area contributed by atoms with Gasteiger partial charge in [-0.05, 0) is 12.1 Å². The van der Waals surface area contributed by atoms with Gasteiger partial charge in [-0.25, -0.2) is 0 Å². The third-order valence-electron chi connectivity index (χ3n) is 2.67. The van der Waals surface area contributed by atoms with Crippen molar-refractivity contribution in [3.63, 3.8) is 0 Å². The average molecular weight is 250 g/mol. The largest absolute Gasteiger partial charge is 0.291 e. The number of nitrogens with one attached hydrogen (secondary N) is 1. The summed E-state index contributed by atoms with van der Waals surface area (Å²) in [6, 6.07) is 4.38. The first-order valence-corrected chi connectivity index (χ1v) is 6.13. The van der Waals surface area contributed by atoms with Crippen LogP contribution >= 0.6 is 0 Å². The van der Waals surface area contributed by atoms with Gasteiger partial charge in [0.15, 0.2) is 0 Å². The minimum atomic E-state index is -3.72. The summed E-state index contributed by atoms with van der Waals surface area (Å²) in [5.41, 5.74) is 2.37. The number of carbonyl (C=O) groups is 1. The molecule has 7 heteroatoms. The molecule has 0 amide bonds. The van der Waals surface area contributed by atoms with Gasteiger partial charge in [-0.2, -0.15) is 12.8 Å². The Balaban J connectivity index is 2.43. The first-order valence-electron chi connectivity index (χ1n) is 4.69. The van der Waals surface area contributed by atoms with E-state index in [9.17, 15) is 13.2 Å². The highest BCUT2D eigenvalue weighted by Gasteiger charge is 2.35. The van der Waals surface area contributed by atoms with Gasteiger partial charge in [0.2, 0.25) is 5.78 Å². The van der Waals surface area contributed by atoms with E-state index in [1.807, 2.05) is 0 Å². The van der Waals surface area contributed by atoms with Crippen LogP contribution in [0, 0.1) is 0 Å². The molecule has 3 rings (SSSR count). The molecule has 17 heavy (non-hydrogen) atoms. The highest BCUT2D eigenvalue weighted by Crippen LogP contribution is 2.33. The lowest BCUT2D eigenvalue weighted by Gasteiger charge is -2.13. The van der Waals surface area contributed by atoms with Gasteiger partial charge in [0.25, 0.3) is 10.0 Å². The van der Waals surface area contributed by atoms with E-state index in [4.69, 9.17) is 5.21 Å². The summed E-state index contributed by atoms with van der Waals surface area (Å²) in [6.45, 7) is 0. The van der Waals surface area contributed by atoms with E-state index < -0.39 is 15.8 Å². The molecule has 0 atom stereocenters. The van der Waals surface area contributed by atoms with E-state index in [0.29, 0.717) is 5.56 Å². The second-order valence-corrected chi connectivity index (χ2v) is 5.20. The van der Waals surface area contributed by atoms with Gasteiger partial charge in [0, 0.05) is 11.1 Å². The third-order valence-corrected chi connectivity index (χ3v) is 4.00. The normalized spacial score (nSPS) is 19.5. The van der Waals surface area contributed by atoms with Crippen molar-refractivity contribution in [3.8, 4) is 0 Å². The molecule has 0 spiro atoms. The number of hydrogen-bond donors (Lipinski definition) is 2. The van der Waals surface area contributed by atoms with Crippen molar-refractivity contribution in [2.24, 2.45) is 4.40 Å². The lowest BCUT2D eigenvalue weighted by atomic mass is 9.92. The Morgan fingerprint density at radius 3 is 2.76 bits per heavy atom. The molecule has 6 nitrogen and oxygen atoms in total. The maximum Gasteiger partial charge on any atom is 0.283 e. The van der Waals surface area contributed by atoms with Crippen LogP contribution in [0.5, 0.6) is 0 Å². The van der Waals surface area contributed by atoms with Gasteiger partial charge in [0.1, 0.15) is 5.70 Å². The second kappa shape index (κ2) is 3.02. The molecule has 0 saturated heterocycles. The van der Waals surface area contributed by atoms with E-state index >= 15 is 0 Å². The molecule has 1 aliphatic heterocycles. The minimum absolute atomic E-state index is 0.0339. The van der Waals surface area contributed by atoms with Gasteiger partial charge >= 0.3 is 0 Å². The molecule has 0 saturated carbocycles. The van der Waals surface area contributed by atoms with Crippen molar-refractivity contribution in [1.29, 1.82) is 0 Å². The van der Waals surface area contributed by atoms with Crippen molar-refractivity contribution in [2.75, 3.05) is 0 Å². The fourth-order valence-electron chi connectivity index (χ4n) is 1.95. The molecule has 2 aliphatic rings. The van der Waals surface area contributed by atoms with E-state index in [-0.39, 0.29) is 21.9 Å². The van der Waals surface area contributed by atoms with Gasteiger partial charge < -0.3 is 0 Å². The van der Waals surface area contributed by atoms with Crippen LogP contribution < -0.4 is 5.48 Å². The maximum absolute atomic E-state index is 11.8. The van der Waals surface area contributed by atoms with Crippen LogP contribution in [-0.4, -0.2) is 25.1 Å². The van der Waals surface area contributed by atoms with Gasteiger partial charge in [-0.3, -0.25) is 15.5 Å². The van der Waals surface area contributed by atoms with Crippen molar-refractivity contribution < 1.29 is 18.4 Å². The number of benzene rings is 1. The van der Waals surface area contributed by atoms with Gasteiger partial charge in [0.05, 0.1) is 10.6 Å². The zero-order chi connectivity index (χ0) is 12.2. The van der Waals surface area contributed by atoms with Crippen LogP contribution in [-0.2, 0) is 10.0 Å². The fraction of sp³-hybridized carbons (Fsp3) is 0. The molecule has 0 radical (unpaired) electrons. The lowest BCUT2D eigenvalue weighted by molar-refractivity contribution is 0.0975. The summed E-state index contributed by atoms with van der Waals surface area (Å²) in [6.07, 6.45) is 1.22. The summed E-state index contributed by atoms with van der Waals surface area (Å²) >= 11 is 0.